The van der Waals surface area contributed by atoms with Gasteiger partial charge >= 0.3 is 0 Å². The minimum absolute atomic E-state index is 0.0310. The lowest BCUT2D eigenvalue weighted by atomic mass is 10.0. The zero-order valence-corrected chi connectivity index (χ0v) is 17.1. The number of benzene rings is 2. The Labute approximate surface area is 163 Å². The van der Waals surface area contributed by atoms with Crippen LogP contribution in [0.15, 0.2) is 36.4 Å². The maximum atomic E-state index is 12.7. The fourth-order valence-corrected chi connectivity index (χ4v) is 3.74. The van der Waals surface area contributed by atoms with Crippen LogP contribution in [0.5, 0.6) is 5.75 Å². The van der Waals surface area contributed by atoms with Crippen LogP contribution in [-0.4, -0.2) is 12.0 Å². The summed E-state index contributed by atoms with van der Waals surface area (Å²) in [6.45, 7) is 10.2. The second-order valence-electron chi connectivity index (χ2n) is 8.07. The normalized spacial score (nSPS) is 15.3. The van der Waals surface area contributed by atoms with Crippen molar-refractivity contribution in [3.63, 3.8) is 0 Å². The van der Waals surface area contributed by atoms with E-state index in [-0.39, 0.29) is 11.9 Å². The van der Waals surface area contributed by atoms with E-state index >= 15 is 0 Å². The van der Waals surface area contributed by atoms with E-state index in [9.17, 15) is 4.79 Å². The van der Waals surface area contributed by atoms with Crippen LogP contribution < -0.4 is 10.1 Å². The molecule has 0 bridgehead atoms. The maximum absolute atomic E-state index is 12.7. The van der Waals surface area contributed by atoms with Crippen LogP contribution in [0.4, 0.5) is 0 Å². The topological polar surface area (TPSA) is 38.3 Å². The van der Waals surface area contributed by atoms with E-state index < -0.39 is 6.10 Å². The number of rotatable bonds is 6. The van der Waals surface area contributed by atoms with Crippen LogP contribution in [0, 0.1) is 6.92 Å². The molecule has 27 heavy (non-hydrogen) atoms. The third kappa shape index (κ3) is 4.52. The molecule has 0 aliphatic heterocycles. The number of amides is 1. The van der Waals surface area contributed by atoms with Crippen molar-refractivity contribution in [3.8, 4) is 5.75 Å². The van der Waals surface area contributed by atoms with Crippen molar-refractivity contribution in [2.45, 2.75) is 71.9 Å². The third-order valence-corrected chi connectivity index (χ3v) is 5.45. The highest BCUT2D eigenvalue weighted by Gasteiger charge is 2.21. The molecular weight excluding hydrogens is 334 g/mol. The van der Waals surface area contributed by atoms with Gasteiger partial charge in [-0.05, 0) is 79.8 Å². The van der Waals surface area contributed by atoms with Gasteiger partial charge in [-0.25, -0.2) is 0 Å². The number of ether oxygens (including phenoxy) is 1. The van der Waals surface area contributed by atoms with Crippen molar-refractivity contribution in [3.05, 3.63) is 64.2 Å². The van der Waals surface area contributed by atoms with E-state index in [0.717, 1.165) is 28.9 Å². The van der Waals surface area contributed by atoms with Gasteiger partial charge in [-0.2, -0.15) is 0 Å². The Kier molecular flexibility index (Phi) is 5.88. The van der Waals surface area contributed by atoms with Crippen molar-refractivity contribution in [2.24, 2.45) is 0 Å². The monoisotopic (exact) mass is 365 g/mol. The molecule has 1 amide bonds. The summed E-state index contributed by atoms with van der Waals surface area (Å²) in [5.41, 5.74) is 6.31. The maximum Gasteiger partial charge on any atom is 0.261 e. The molecule has 2 aromatic rings. The second-order valence-corrected chi connectivity index (χ2v) is 8.07. The van der Waals surface area contributed by atoms with Gasteiger partial charge in [0, 0.05) is 0 Å². The van der Waals surface area contributed by atoms with Crippen LogP contribution >= 0.6 is 0 Å². The van der Waals surface area contributed by atoms with Crippen LogP contribution in [0.3, 0.4) is 0 Å². The molecule has 1 aliphatic rings. The number of fused-ring (bicyclic) bond motifs is 1. The van der Waals surface area contributed by atoms with E-state index in [0.29, 0.717) is 5.92 Å². The van der Waals surface area contributed by atoms with E-state index in [1.165, 1.54) is 24.0 Å². The lowest BCUT2D eigenvalue weighted by molar-refractivity contribution is -0.127. The number of hydrogen-bond donors (Lipinski definition) is 1. The molecule has 0 fully saturated rings. The molecule has 0 saturated heterocycles. The predicted octanol–water partition coefficient (Wildman–Crippen LogP) is 5.25. The van der Waals surface area contributed by atoms with Gasteiger partial charge in [0.1, 0.15) is 5.75 Å². The molecule has 0 unspecified atom stereocenters. The molecule has 3 heteroatoms. The zero-order valence-electron chi connectivity index (χ0n) is 17.1. The van der Waals surface area contributed by atoms with Crippen LogP contribution in [0.1, 0.15) is 73.9 Å². The van der Waals surface area contributed by atoms with Crippen LogP contribution in [0.25, 0.3) is 0 Å². The minimum Gasteiger partial charge on any atom is -0.481 e. The molecule has 2 atom stereocenters. The highest BCUT2D eigenvalue weighted by Crippen LogP contribution is 2.29. The standard InChI is InChI=1S/C24H31NO2/c1-15(2)22-12-9-16(3)13-23(22)27-18(5)24(26)25-17(4)20-11-10-19-7-6-8-21(19)14-20/h9-15,17-18H,6-8H2,1-5H3,(H,25,26)/t17-,18+/m0/s1. The molecule has 144 valence electrons. The average molecular weight is 366 g/mol. The lowest BCUT2D eigenvalue weighted by Gasteiger charge is -2.22. The summed E-state index contributed by atoms with van der Waals surface area (Å²) in [6.07, 6.45) is 3.02. The highest BCUT2D eigenvalue weighted by molar-refractivity contribution is 5.81. The molecule has 1 aliphatic carbocycles. The Morgan fingerprint density at radius 1 is 1.00 bits per heavy atom. The van der Waals surface area contributed by atoms with E-state index in [2.05, 4.69) is 49.5 Å². The predicted molar refractivity (Wildman–Crippen MR) is 110 cm³/mol. The fourth-order valence-electron chi connectivity index (χ4n) is 3.74. The Hall–Kier alpha value is -2.29. The SMILES string of the molecule is Cc1ccc(C(C)C)c(O[C@H](C)C(=O)N[C@@H](C)c2ccc3c(c2)CCC3)c1. The smallest absolute Gasteiger partial charge is 0.261 e. The molecule has 0 spiro atoms. The molecule has 0 heterocycles. The summed E-state index contributed by atoms with van der Waals surface area (Å²) >= 11 is 0. The van der Waals surface area contributed by atoms with Gasteiger partial charge in [-0.15, -0.1) is 0 Å². The Balaban J connectivity index is 1.66. The van der Waals surface area contributed by atoms with Crippen LogP contribution in [-0.2, 0) is 17.6 Å². The van der Waals surface area contributed by atoms with E-state index in [1.54, 1.807) is 0 Å². The molecule has 2 aromatic carbocycles. The molecule has 3 rings (SSSR count). The number of carbonyl (C=O) groups excluding carboxylic acids is 1. The Morgan fingerprint density at radius 3 is 2.48 bits per heavy atom. The summed E-state index contributed by atoms with van der Waals surface area (Å²) in [4.78, 5) is 12.7. The first-order chi connectivity index (χ1) is 12.8. The lowest BCUT2D eigenvalue weighted by Crippen LogP contribution is -2.38. The summed E-state index contributed by atoms with van der Waals surface area (Å²) in [7, 11) is 0. The summed E-state index contributed by atoms with van der Waals surface area (Å²) in [5.74, 6) is 1.07. The molecule has 3 nitrogen and oxygen atoms in total. The highest BCUT2D eigenvalue weighted by atomic mass is 16.5. The number of carbonyl (C=O) groups is 1. The molecule has 0 aromatic heterocycles. The first-order valence-electron chi connectivity index (χ1n) is 10.0. The van der Waals surface area contributed by atoms with Crippen molar-refractivity contribution < 1.29 is 9.53 Å². The van der Waals surface area contributed by atoms with E-state index in [4.69, 9.17) is 4.74 Å². The largest absolute Gasteiger partial charge is 0.481 e. The third-order valence-electron chi connectivity index (χ3n) is 5.45. The van der Waals surface area contributed by atoms with Gasteiger partial charge in [0.25, 0.3) is 5.91 Å². The Morgan fingerprint density at radius 2 is 1.74 bits per heavy atom. The number of aryl methyl sites for hydroxylation is 3. The van der Waals surface area contributed by atoms with Crippen LogP contribution in [0.2, 0.25) is 0 Å². The fraction of sp³-hybridized carbons (Fsp3) is 0.458. The molecule has 0 radical (unpaired) electrons. The van der Waals surface area contributed by atoms with Crippen molar-refractivity contribution in [1.29, 1.82) is 0 Å². The van der Waals surface area contributed by atoms with Gasteiger partial charge in [0.2, 0.25) is 0 Å². The summed E-state index contributed by atoms with van der Waals surface area (Å²) < 4.78 is 6.05. The summed E-state index contributed by atoms with van der Waals surface area (Å²) in [5, 5.41) is 3.11. The van der Waals surface area contributed by atoms with Gasteiger partial charge < -0.3 is 10.1 Å². The molecule has 0 saturated carbocycles. The molecular formula is C24H31NO2. The van der Waals surface area contributed by atoms with Crippen molar-refractivity contribution in [1.82, 2.24) is 5.32 Å². The first kappa shape index (κ1) is 19.5. The van der Waals surface area contributed by atoms with Gasteiger partial charge in [0.15, 0.2) is 6.10 Å². The first-order valence-corrected chi connectivity index (χ1v) is 10.0. The number of nitrogens with one attached hydrogen (secondary N) is 1. The van der Waals surface area contributed by atoms with Gasteiger partial charge in [-0.3, -0.25) is 4.79 Å². The van der Waals surface area contributed by atoms with Gasteiger partial charge in [-0.1, -0.05) is 44.2 Å². The average Bonchev–Trinajstić information content (AvgIpc) is 3.09. The van der Waals surface area contributed by atoms with Crippen molar-refractivity contribution >= 4 is 5.91 Å². The summed E-state index contributed by atoms with van der Waals surface area (Å²) in [6, 6.07) is 12.8. The second kappa shape index (κ2) is 8.16. The number of hydrogen-bond acceptors (Lipinski definition) is 2. The van der Waals surface area contributed by atoms with E-state index in [1.807, 2.05) is 26.8 Å². The Bertz CT molecular complexity index is 825. The minimum atomic E-state index is -0.541. The van der Waals surface area contributed by atoms with Crippen molar-refractivity contribution in [2.75, 3.05) is 0 Å². The molecule has 1 N–H and O–H groups in total. The zero-order chi connectivity index (χ0) is 19.6. The quantitative estimate of drug-likeness (QED) is 0.759. The van der Waals surface area contributed by atoms with Gasteiger partial charge in [0.05, 0.1) is 6.04 Å².